The van der Waals surface area contributed by atoms with E-state index < -0.39 is 0 Å². The summed E-state index contributed by atoms with van der Waals surface area (Å²) in [6.45, 7) is 3.34. The van der Waals surface area contributed by atoms with Gasteiger partial charge < -0.3 is 14.1 Å². The van der Waals surface area contributed by atoms with E-state index in [1.165, 1.54) is 11.1 Å². The van der Waals surface area contributed by atoms with Gasteiger partial charge in [0.2, 0.25) is 0 Å². The molecule has 4 heteroatoms. The molecule has 2 heterocycles. The average molecular weight is 361 g/mol. The minimum absolute atomic E-state index is 0.171. The second kappa shape index (κ2) is 6.45. The van der Waals surface area contributed by atoms with Gasteiger partial charge >= 0.3 is 5.63 Å². The van der Waals surface area contributed by atoms with Gasteiger partial charge in [-0.25, -0.2) is 4.79 Å². The van der Waals surface area contributed by atoms with Crippen LogP contribution in [0.15, 0.2) is 45.6 Å². The van der Waals surface area contributed by atoms with Gasteiger partial charge in [-0.05, 0) is 67.5 Å². The van der Waals surface area contributed by atoms with Crippen molar-refractivity contribution in [1.29, 1.82) is 0 Å². The Morgan fingerprint density at radius 2 is 1.89 bits per heavy atom. The molecule has 2 aromatic carbocycles. The van der Waals surface area contributed by atoms with E-state index >= 15 is 0 Å². The first-order valence-corrected chi connectivity index (χ1v) is 9.81. The fourth-order valence-corrected chi connectivity index (χ4v) is 4.35. The monoisotopic (exact) mass is 361 g/mol. The minimum Gasteiger partial charge on any atom is -0.473 e. The molecule has 0 unspecified atom stereocenters. The lowest BCUT2D eigenvalue weighted by atomic mass is 9.90. The molecule has 0 saturated heterocycles. The van der Waals surface area contributed by atoms with Gasteiger partial charge in [-0.15, -0.1) is 0 Å². The number of hydrogen-bond acceptors (Lipinski definition) is 4. The highest BCUT2D eigenvalue weighted by Crippen LogP contribution is 2.36. The first-order chi connectivity index (χ1) is 13.2. The summed E-state index contributed by atoms with van der Waals surface area (Å²) in [6, 6.07) is 12.6. The second-order valence-electron chi connectivity index (χ2n) is 7.47. The van der Waals surface area contributed by atoms with Gasteiger partial charge in [-0.3, -0.25) is 0 Å². The molecule has 1 aromatic heterocycles. The van der Waals surface area contributed by atoms with Crippen molar-refractivity contribution in [1.82, 2.24) is 0 Å². The number of nitrogens with zero attached hydrogens (tertiary/aromatic N) is 1. The van der Waals surface area contributed by atoms with Crippen molar-refractivity contribution in [2.45, 2.75) is 45.6 Å². The molecule has 3 aromatic rings. The highest BCUT2D eigenvalue weighted by atomic mass is 16.5. The first kappa shape index (κ1) is 16.4. The van der Waals surface area contributed by atoms with Gasteiger partial charge in [-0.1, -0.05) is 19.1 Å². The molecule has 0 spiro atoms. The fourth-order valence-electron chi connectivity index (χ4n) is 4.35. The van der Waals surface area contributed by atoms with Crippen molar-refractivity contribution in [3.63, 3.8) is 0 Å². The Hall–Kier alpha value is -2.75. The summed E-state index contributed by atoms with van der Waals surface area (Å²) in [5, 5.41) is 1.08. The summed E-state index contributed by atoms with van der Waals surface area (Å²) in [5.41, 5.74) is 6.00. The van der Waals surface area contributed by atoms with Crippen molar-refractivity contribution in [2.24, 2.45) is 0 Å². The van der Waals surface area contributed by atoms with Gasteiger partial charge in [0.15, 0.2) is 6.73 Å². The van der Waals surface area contributed by atoms with Crippen molar-refractivity contribution < 1.29 is 9.15 Å². The van der Waals surface area contributed by atoms with Crippen LogP contribution in [0, 0.1) is 0 Å². The summed E-state index contributed by atoms with van der Waals surface area (Å²) in [4.78, 5) is 14.8. The topological polar surface area (TPSA) is 42.7 Å². The Bertz CT molecular complexity index is 1080. The van der Waals surface area contributed by atoms with Crippen LogP contribution in [0.1, 0.15) is 42.0 Å². The molecule has 2 aliphatic rings. The van der Waals surface area contributed by atoms with Crippen LogP contribution in [0.2, 0.25) is 0 Å². The first-order valence-electron chi connectivity index (χ1n) is 9.81. The highest BCUT2D eigenvalue weighted by molar-refractivity contribution is 5.86. The van der Waals surface area contributed by atoms with E-state index in [1.54, 1.807) is 0 Å². The zero-order valence-corrected chi connectivity index (χ0v) is 15.6. The van der Waals surface area contributed by atoms with Crippen LogP contribution < -0.4 is 15.3 Å². The van der Waals surface area contributed by atoms with Gasteiger partial charge in [-0.2, -0.15) is 0 Å². The lowest BCUT2D eigenvalue weighted by molar-refractivity contribution is 0.289. The Labute approximate surface area is 158 Å². The molecule has 0 amide bonds. The maximum Gasteiger partial charge on any atom is 0.339 e. The van der Waals surface area contributed by atoms with Gasteiger partial charge in [0.1, 0.15) is 11.3 Å². The quantitative estimate of drug-likeness (QED) is 0.626. The van der Waals surface area contributed by atoms with Crippen LogP contribution in [0.3, 0.4) is 0 Å². The number of aryl methyl sites for hydroxylation is 2. The lowest BCUT2D eigenvalue weighted by Gasteiger charge is -2.31. The van der Waals surface area contributed by atoms with Gasteiger partial charge in [0.05, 0.1) is 12.1 Å². The van der Waals surface area contributed by atoms with Crippen molar-refractivity contribution in [3.05, 3.63) is 69.1 Å². The molecule has 5 rings (SSSR count). The van der Waals surface area contributed by atoms with Crippen LogP contribution in [0.25, 0.3) is 11.0 Å². The maximum absolute atomic E-state index is 12.6. The molecule has 0 fully saturated rings. The number of hydrogen-bond donors (Lipinski definition) is 0. The van der Waals surface area contributed by atoms with Gasteiger partial charge in [0.25, 0.3) is 0 Å². The average Bonchev–Trinajstić information content (AvgIpc) is 2.73. The van der Waals surface area contributed by atoms with Gasteiger partial charge in [0, 0.05) is 16.6 Å². The van der Waals surface area contributed by atoms with Crippen LogP contribution in [-0.4, -0.2) is 6.73 Å². The third-order valence-electron chi connectivity index (χ3n) is 5.86. The molecule has 1 aliphatic carbocycles. The Kier molecular flexibility index (Phi) is 3.92. The Morgan fingerprint density at radius 3 is 2.74 bits per heavy atom. The van der Waals surface area contributed by atoms with Crippen LogP contribution in [0.4, 0.5) is 5.69 Å². The normalized spacial score (nSPS) is 16.0. The number of ether oxygens (including phenoxy) is 1. The molecule has 0 saturated carbocycles. The third-order valence-corrected chi connectivity index (χ3v) is 5.86. The van der Waals surface area contributed by atoms with E-state index in [0.717, 1.165) is 60.1 Å². The van der Waals surface area contributed by atoms with E-state index in [1.807, 2.05) is 6.07 Å². The summed E-state index contributed by atoms with van der Waals surface area (Å²) >= 11 is 0. The van der Waals surface area contributed by atoms with E-state index in [2.05, 4.69) is 42.2 Å². The molecule has 0 atom stereocenters. The lowest BCUT2D eigenvalue weighted by Crippen LogP contribution is -2.32. The predicted octanol–water partition coefficient (Wildman–Crippen LogP) is 4.59. The molecule has 1 aliphatic heterocycles. The molecular weight excluding hydrogens is 338 g/mol. The summed E-state index contributed by atoms with van der Waals surface area (Å²) in [6.07, 6.45) is 4.99. The zero-order chi connectivity index (χ0) is 18.4. The number of anilines is 1. The van der Waals surface area contributed by atoms with Crippen LogP contribution in [0.5, 0.6) is 5.75 Å². The van der Waals surface area contributed by atoms with Crippen LogP contribution in [-0.2, 0) is 25.8 Å². The molecule has 4 nitrogen and oxygen atoms in total. The molecule has 0 N–H and O–H groups in total. The van der Waals surface area contributed by atoms with E-state index in [4.69, 9.17) is 9.15 Å². The third kappa shape index (κ3) is 2.71. The van der Waals surface area contributed by atoms with Crippen molar-refractivity contribution in [3.8, 4) is 5.75 Å². The predicted molar refractivity (Wildman–Crippen MR) is 107 cm³/mol. The molecule has 0 radical (unpaired) electrons. The molecule has 0 bridgehead atoms. The van der Waals surface area contributed by atoms with Crippen molar-refractivity contribution >= 4 is 16.7 Å². The summed E-state index contributed by atoms with van der Waals surface area (Å²) in [5.74, 6) is 0.823. The van der Waals surface area contributed by atoms with Crippen LogP contribution >= 0.6 is 0 Å². The summed E-state index contributed by atoms with van der Waals surface area (Å²) in [7, 11) is 0. The summed E-state index contributed by atoms with van der Waals surface area (Å²) < 4.78 is 11.8. The minimum atomic E-state index is -0.171. The largest absolute Gasteiger partial charge is 0.473 e. The molecule has 138 valence electrons. The number of benzene rings is 2. The Morgan fingerprint density at radius 1 is 1.04 bits per heavy atom. The van der Waals surface area contributed by atoms with Crippen molar-refractivity contribution in [2.75, 3.05) is 11.6 Å². The highest BCUT2D eigenvalue weighted by Gasteiger charge is 2.25. The zero-order valence-electron chi connectivity index (χ0n) is 15.6. The standard InChI is InChI=1S/C23H23NO3/c1-2-15-6-5-7-16(12-15)24-13-20-21(26-14-24)11-10-18-17-8-3-4-9-19(17)23(25)27-22(18)20/h5-7,10-12H,2-4,8-9,13-14H2,1H3. The Balaban J connectivity index is 1.62. The maximum atomic E-state index is 12.6. The fraction of sp³-hybridized carbons (Fsp3) is 0.348. The molecular formula is C23H23NO3. The molecule has 27 heavy (non-hydrogen) atoms. The number of rotatable bonds is 2. The SMILES string of the molecule is CCc1cccc(N2COc3ccc4c5c(c(=O)oc4c3C2)CCCC5)c1. The van der Waals surface area contributed by atoms with E-state index in [0.29, 0.717) is 18.9 Å². The van der Waals surface area contributed by atoms with E-state index in [9.17, 15) is 4.79 Å². The number of fused-ring (bicyclic) bond motifs is 5. The smallest absolute Gasteiger partial charge is 0.339 e. The second-order valence-corrected chi connectivity index (χ2v) is 7.47. The van der Waals surface area contributed by atoms with E-state index in [-0.39, 0.29) is 5.63 Å².